The van der Waals surface area contributed by atoms with Crippen molar-refractivity contribution in [3.05, 3.63) is 74.6 Å². The van der Waals surface area contributed by atoms with Crippen LogP contribution in [0.1, 0.15) is 21.5 Å². The Morgan fingerprint density at radius 2 is 2.04 bits per heavy atom. The maximum Gasteiger partial charge on any atom is 0.272 e. The van der Waals surface area contributed by atoms with Crippen molar-refractivity contribution in [3.8, 4) is 0 Å². The van der Waals surface area contributed by atoms with Crippen molar-refractivity contribution in [3.63, 3.8) is 0 Å². The van der Waals surface area contributed by atoms with Gasteiger partial charge in [0.2, 0.25) is 0 Å². The van der Waals surface area contributed by atoms with Crippen molar-refractivity contribution < 1.29 is 14.1 Å². The van der Waals surface area contributed by atoms with Crippen LogP contribution in [0, 0.1) is 22.9 Å². The maximum atomic E-state index is 13.4. The second kappa shape index (κ2) is 5.96. The SMILES string of the molecule is Cc1ccc(/C=C2\CSc3ccc(F)cc3C2=O)cc1[N+](=O)[O-]. The molecule has 23 heavy (non-hydrogen) atoms. The number of nitro groups is 1. The summed E-state index contributed by atoms with van der Waals surface area (Å²) in [6.45, 7) is 1.66. The Kier molecular flexibility index (Phi) is 4.00. The van der Waals surface area contributed by atoms with Gasteiger partial charge in [-0.15, -0.1) is 11.8 Å². The highest BCUT2D eigenvalue weighted by Crippen LogP contribution is 2.34. The number of benzene rings is 2. The van der Waals surface area contributed by atoms with E-state index >= 15 is 0 Å². The second-order valence-electron chi connectivity index (χ2n) is 5.23. The van der Waals surface area contributed by atoms with Gasteiger partial charge in [0.05, 0.1) is 4.92 Å². The number of aryl methyl sites for hydroxylation is 1. The maximum absolute atomic E-state index is 13.4. The lowest BCUT2D eigenvalue weighted by Gasteiger charge is -2.17. The first-order valence-corrected chi connectivity index (χ1v) is 7.87. The Morgan fingerprint density at radius 1 is 1.26 bits per heavy atom. The fourth-order valence-corrected chi connectivity index (χ4v) is 3.42. The van der Waals surface area contributed by atoms with Crippen LogP contribution in [0.15, 0.2) is 46.9 Å². The molecular formula is C17H12FNO3S. The third-order valence-corrected chi connectivity index (χ3v) is 4.75. The fourth-order valence-electron chi connectivity index (χ4n) is 2.42. The van der Waals surface area contributed by atoms with E-state index in [9.17, 15) is 19.3 Å². The molecule has 0 amide bonds. The quantitative estimate of drug-likeness (QED) is 0.465. The van der Waals surface area contributed by atoms with Crippen LogP contribution < -0.4 is 0 Å². The number of halogens is 1. The monoisotopic (exact) mass is 329 g/mol. The first-order chi connectivity index (χ1) is 11.0. The summed E-state index contributed by atoms with van der Waals surface area (Å²) in [5, 5.41) is 11.0. The van der Waals surface area contributed by atoms with Crippen molar-refractivity contribution in [1.82, 2.24) is 0 Å². The number of hydrogen-bond donors (Lipinski definition) is 0. The van der Waals surface area contributed by atoms with Crippen molar-refractivity contribution >= 4 is 29.3 Å². The Hall–Kier alpha value is -2.47. The molecule has 0 aliphatic carbocycles. The zero-order chi connectivity index (χ0) is 16.6. The van der Waals surface area contributed by atoms with Gasteiger partial charge in [-0.05, 0) is 36.8 Å². The summed E-state index contributed by atoms with van der Waals surface area (Å²) in [7, 11) is 0. The topological polar surface area (TPSA) is 60.2 Å². The molecule has 116 valence electrons. The lowest BCUT2D eigenvalue weighted by Crippen LogP contribution is -2.12. The van der Waals surface area contributed by atoms with E-state index in [1.54, 1.807) is 31.2 Å². The van der Waals surface area contributed by atoms with Crippen molar-refractivity contribution in [2.75, 3.05) is 5.75 Å². The molecule has 0 fully saturated rings. The fraction of sp³-hybridized carbons (Fsp3) is 0.118. The van der Waals surface area contributed by atoms with Gasteiger partial charge in [-0.3, -0.25) is 14.9 Å². The molecule has 1 aliphatic rings. The smallest absolute Gasteiger partial charge is 0.272 e. The van der Waals surface area contributed by atoms with Gasteiger partial charge < -0.3 is 0 Å². The molecule has 4 nitrogen and oxygen atoms in total. The van der Waals surface area contributed by atoms with Crippen LogP contribution in [0.25, 0.3) is 6.08 Å². The highest BCUT2D eigenvalue weighted by Gasteiger charge is 2.23. The van der Waals surface area contributed by atoms with Gasteiger partial charge in [-0.1, -0.05) is 12.1 Å². The minimum absolute atomic E-state index is 0.0155. The van der Waals surface area contributed by atoms with Gasteiger partial charge in [0.25, 0.3) is 5.69 Å². The first-order valence-electron chi connectivity index (χ1n) is 6.88. The van der Waals surface area contributed by atoms with Crippen LogP contribution >= 0.6 is 11.8 Å². The summed E-state index contributed by atoms with van der Waals surface area (Å²) in [6.07, 6.45) is 1.63. The number of Topliss-reactive ketones (excluding diaryl/α,β-unsaturated/α-hetero) is 1. The average molecular weight is 329 g/mol. The highest BCUT2D eigenvalue weighted by molar-refractivity contribution is 7.99. The van der Waals surface area contributed by atoms with Crippen LogP contribution in [0.2, 0.25) is 0 Å². The minimum Gasteiger partial charge on any atom is -0.289 e. The van der Waals surface area contributed by atoms with Gasteiger partial charge in [0.15, 0.2) is 5.78 Å². The highest BCUT2D eigenvalue weighted by atomic mass is 32.2. The van der Waals surface area contributed by atoms with Crippen LogP contribution in [-0.2, 0) is 0 Å². The molecule has 6 heteroatoms. The van der Waals surface area contributed by atoms with Crippen molar-refractivity contribution in [1.29, 1.82) is 0 Å². The van der Waals surface area contributed by atoms with Crippen LogP contribution in [0.4, 0.5) is 10.1 Å². The lowest BCUT2D eigenvalue weighted by atomic mass is 10.0. The van der Waals surface area contributed by atoms with Gasteiger partial charge in [0.1, 0.15) is 5.82 Å². The van der Waals surface area contributed by atoms with Crippen LogP contribution in [0.5, 0.6) is 0 Å². The van der Waals surface area contributed by atoms with E-state index in [4.69, 9.17) is 0 Å². The molecule has 2 aromatic carbocycles. The average Bonchev–Trinajstić information content (AvgIpc) is 2.52. The molecule has 0 aromatic heterocycles. The van der Waals surface area contributed by atoms with E-state index < -0.39 is 10.7 Å². The summed E-state index contributed by atoms with van der Waals surface area (Å²) < 4.78 is 13.4. The number of carbonyl (C=O) groups is 1. The molecule has 0 bridgehead atoms. The summed E-state index contributed by atoms with van der Waals surface area (Å²) in [6, 6.07) is 8.99. The van der Waals surface area contributed by atoms with E-state index in [0.717, 1.165) is 4.90 Å². The zero-order valence-electron chi connectivity index (χ0n) is 12.2. The molecule has 0 saturated carbocycles. The molecule has 0 saturated heterocycles. The molecular weight excluding hydrogens is 317 g/mol. The van der Waals surface area contributed by atoms with E-state index in [-0.39, 0.29) is 11.5 Å². The van der Waals surface area contributed by atoms with E-state index in [0.29, 0.717) is 28.0 Å². The summed E-state index contributed by atoms with van der Waals surface area (Å²) in [5.74, 6) is -0.231. The number of hydrogen-bond acceptors (Lipinski definition) is 4. The largest absolute Gasteiger partial charge is 0.289 e. The number of nitro benzene ring substituents is 1. The molecule has 0 unspecified atom stereocenters. The number of rotatable bonds is 2. The standard InChI is InChI=1S/C17H12FNO3S/c1-10-2-3-11(7-15(10)19(21)22)6-12-9-23-16-5-4-13(18)8-14(16)17(12)20/h2-8H,9H2,1H3/b12-6+. The predicted molar refractivity (Wildman–Crippen MR) is 87.3 cm³/mol. The number of fused-ring (bicyclic) bond motifs is 1. The molecule has 3 rings (SSSR count). The van der Waals surface area contributed by atoms with E-state index in [1.807, 2.05) is 0 Å². The molecule has 1 heterocycles. The van der Waals surface area contributed by atoms with E-state index in [2.05, 4.69) is 0 Å². The zero-order valence-corrected chi connectivity index (χ0v) is 13.0. The molecule has 1 aliphatic heterocycles. The van der Waals surface area contributed by atoms with Crippen LogP contribution in [-0.4, -0.2) is 16.5 Å². The first kappa shape index (κ1) is 15.4. The predicted octanol–water partition coefficient (Wildman–Crippen LogP) is 4.41. The van der Waals surface area contributed by atoms with Gasteiger partial charge in [-0.25, -0.2) is 4.39 Å². The third kappa shape index (κ3) is 3.03. The normalized spacial score (nSPS) is 15.6. The Bertz CT molecular complexity index is 861. The lowest BCUT2D eigenvalue weighted by molar-refractivity contribution is -0.385. The van der Waals surface area contributed by atoms with Crippen molar-refractivity contribution in [2.45, 2.75) is 11.8 Å². The van der Waals surface area contributed by atoms with Gasteiger partial charge >= 0.3 is 0 Å². The summed E-state index contributed by atoms with van der Waals surface area (Å²) in [4.78, 5) is 23.8. The Balaban J connectivity index is 2.00. The van der Waals surface area contributed by atoms with Crippen LogP contribution in [0.3, 0.4) is 0 Å². The molecule has 0 spiro atoms. The minimum atomic E-state index is -0.454. The summed E-state index contributed by atoms with van der Waals surface area (Å²) in [5.41, 5.74) is 2.02. The Morgan fingerprint density at radius 3 is 2.78 bits per heavy atom. The molecule has 0 N–H and O–H groups in total. The van der Waals surface area contributed by atoms with Gasteiger partial charge in [0, 0.05) is 33.4 Å². The number of thioether (sulfide) groups is 1. The molecule has 2 aromatic rings. The summed E-state index contributed by atoms with van der Waals surface area (Å²) >= 11 is 1.45. The molecule has 0 atom stereocenters. The Labute approximate surface area is 136 Å². The second-order valence-corrected chi connectivity index (χ2v) is 6.25. The number of ketones is 1. The number of nitrogens with zero attached hydrogens (tertiary/aromatic N) is 1. The van der Waals surface area contributed by atoms with Crippen molar-refractivity contribution in [2.24, 2.45) is 0 Å². The van der Waals surface area contributed by atoms with E-state index in [1.165, 1.54) is 30.0 Å². The third-order valence-electron chi connectivity index (χ3n) is 3.63. The number of carbonyl (C=O) groups excluding carboxylic acids is 1. The van der Waals surface area contributed by atoms with Gasteiger partial charge in [-0.2, -0.15) is 0 Å². The molecule has 0 radical (unpaired) electrons.